The largest absolute Gasteiger partial charge is 0.326 e. The van der Waals surface area contributed by atoms with Gasteiger partial charge < -0.3 is 5.32 Å². The van der Waals surface area contributed by atoms with Gasteiger partial charge in [0.15, 0.2) is 0 Å². The molecule has 3 rings (SSSR count). The van der Waals surface area contributed by atoms with Crippen molar-refractivity contribution in [2.75, 3.05) is 20.1 Å². The van der Waals surface area contributed by atoms with E-state index in [1.807, 2.05) is 0 Å². The molecule has 1 fully saturated rings. The van der Waals surface area contributed by atoms with Gasteiger partial charge in [-0.2, -0.15) is 0 Å². The van der Waals surface area contributed by atoms with Gasteiger partial charge in [-0.3, -0.25) is 14.3 Å². The number of hydrogen-bond acceptors (Lipinski definition) is 6. The zero-order valence-corrected chi connectivity index (χ0v) is 17.2. The Kier molecular flexibility index (Phi) is 5.37. The quantitative estimate of drug-likeness (QED) is 0.733. The van der Waals surface area contributed by atoms with Crippen molar-refractivity contribution in [3.63, 3.8) is 0 Å². The van der Waals surface area contributed by atoms with Gasteiger partial charge in [-0.05, 0) is 42.5 Å². The van der Waals surface area contributed by atoms with Crippen molar-refractivity contribution in [2.24, 2.45) is 5.92 Å². The van der Waals surface area contributed by atoms with Gasteiger partial charge in [-0.1, -0.05) is 13.0 Å². The number of anilines is 3. The van der Waals surface area contributed by atoms with E-state index in [0.29, 0.717) is 9.99 Å². The fourth-order valence-electron chi connectivity index (χ4n) is 2.93. The van der Waals surface area contributed by atoms with E-state index >= 15 is 0 Å². The molecule has 1 heterocycles. The standard InChI is InChI=1S/C18H19N3O6S2/c1-12-11-28(24,25)21(18(12)23)16-6-8-17(9-7-16)29(26,27)20-15-5-3-4-14(10-15)19-13(2)22/h3-10,12,20H,11H2,1-2H3,(H,19,22). The van der Waals surface area contributed by atoms with E-state index in [1.54, 1.807) is 12.1 Å². The van der Waals surface area contributed by atoms with Crippen LogP contribution in [0.4, 0.5) is 17.1 Å². The highest BCUT2D eigenvalue weighted by atomic mass is 32.2. The van der Waals surface area contributed by atoms with Crippen molar-refractivity contribution in [3.05, 3.63) is 48.5 Å². The maximum Gasteiger partial charge on any atom is 0.261 e. The number of nitrogens with one attached hydrogen (secondary N) is 2. The number of nitrogens with zero attached hydrogens (tertiary/aromatic N) is 1. The molecule has 11 heteroatoms. The van der Waals surface area contributed by atoms with Crippen LogP contribution in [0.1, 0.15) is 13.8 Å². The number of amides is 2. The van der Waals surface area contributed by atoms with Gasteiger partial charge >= 0.3 is 0 Å². The van der Waals surface area contributed by atoms with Gasteiger partial charge in [0.1, 0.15) is 0 Å². The lowest BCUT2D eigenvalue weighted by Gasteiger charge is -2.16. The SMILES string of the molecule is CC(=O)Nc1cccc(NS(=O)(=O)c2ccc(N3C(=O)C(C)CS3(=O)=O)cc2)c1. The smallest absolute Gasteiger partial charge is 0.261 e. The number of hydrogen-bond donors (Lipinski definition) is 2. The van der Waals surface area contributed by atoms with Crippen molar-refractivity contribution in [1.82, 2.24) is 0 Å². The molecular weight excluding hydrogens is 418 g/mol. The molecule has 0 spiro atoms. The number of sulfonamides is 2. The van der Waals surface area contributed by atoms with Gasteiger partial charge in [0.05, 0.1) is 27.9 Å². The van der Waals surface area contributed by atoms with Gasteiger partial charge in [0.25, 0.3) is 10.0 Å². The van der Waals surface area contributed by atoms with E-state index in [1.165, 1.54) is 50.2 Å². The molecule has 1 atom stereocenters. The van der Waals surface area contributed by atoms with E-state index in [4.69, 9.17) is 0 Å². The minimum atomic E-state index is -3.97. The molecule has 2 amide bonds. The van der Waals surface area contributed by atoms with E-state index in [9.17, 15) is 26.4 Å². The van der Waals surface area contributed by atoms with Crippen LogP contribution in [0.3, 0.4) is 0 Å². The fourth-order valence-corrected chi connectivity index (χ4v) is 5.80. The van der Waals surface area contributed by atoms with Gasteiger partial charge in [-0.15, -0.1) is 0 Å². The normalized spacial score (nSPS) is 18.5. The predicted molar refractivity (Wildman–Crippen MR) is 108 cm³/mol. The third kappa shape index (κ3) is 4.40. The summed E-state index contributed by atoms with van der Waals surface area (Å²) in [4.78, 5) is 23.2. The third-order valence-electron chi connectivity index (χ3n) is 4.18. The Morgan fingerprint density at radius 3 is 2.28 bits per heavy atom. The molecule has 0 saturated carbocycles. The first-order chi connectivity index (χ1) is 13.5. The molecule has 9 nitrogen and oxygen atoms in total. The summed E-state index contributed by atoms with van der Waals surface area (Å²) >= 11 is 0. The molecule has 1 aliphatic heterocycles. The van der Waals surface area contributed by atoms with Crippen LogP contribution in [0.5, 0.6) is 0 Å². The topological polar surface area (TPSA) is 130 Å². The average molecular weight is 437 g/mol. The van der Waals surface area contributed by atoms with Crippen LogP contribution in [0.2, 0.25) is 0 Å². The predicted octanol–water partition coefficient (Wildman–Crippen LogP) is 1.76. The second-order valence-electron chi connectivity index (χ2n) is 6.64. The van der Waals surface area contributed by atoms with Crippen molar-refractivity contribution in [3.8, 4) is 0 Å². The molecule has 2 aromatic carbocycles. The van der Waals surface area contributed by atoms with Gasteiger partial charge in [-0.25, -0.2) is 21.1 Å². The molecule has 0 aliphatic carbocycles. The van der Waals surface area contributed by atoms with Crippen LogP contribution in [-0.4, -0.2) is 34.4 Å². The second kappa shape index (κ2) is 7.48. The highest BCUT2D eigenvalue weighted by Crippen LogP contribution is 2.29. The summed E-state index contributed by atoms with van der Waals surface area (Å²) in [6, 6.07) is 11.2. The summed E-state index contributed by atoms with van der Waals surface area (Å²) in [5.41, 5.74) is 0.761. The van der Waals surface area contributed by atoms with Gasteiger partial charge in [0.2, 0.25) is 21.8 Å². The molecular formula is C18H19N3O6S2. The van der Waals surface area contributed by atoms with E-state index in [-0.39, 0.29) is 27.9 Å². The molecule has 0 bridgehead atoms. The number of benzene rings is 2. The maximum atomic E-state index is 12.6. The van der Waals surface area contributed by atoms with E-state index in [0.717, 1.165) is 0 Å². The Labute approximate surface area is 168 Å². The number of rotatable bonds is 5. The molecule has 1 aliphatic rings. The van der Waals surface area contributed by atoms with Crippen molar-refractivity contribution >= 4 is 48.9 Å². The van der Waals surface area contributed by atoms with E-state index < -0.39 is 31.9 Å². The Morgan fingerprint density at radius 1 is 1.10 bits per heavy atom. The third-order valence-corrected chi connectivity index (χ3v) is 7.44. The Balaban J connectivity index is 1.84. The first kappa shape index (κ1) is 20.8. The molecule has 2 aromatic rings. The van der Waals surface area contributed by atoms with Crippen molar-refractivity contribution < 1.29 is 26.4 Å². The van der Waals surface area contributed by atoms with Crippen molar-refractivity contribution in [1.29, 1.82) is 0 Å². The molecule has 29 heavy (non-hydrogen) atoms. The minimum absolute atomic E-state index is 0.0888. The lowest BCUT2D eigenvalue weighted by atomic mass is 10.2. The monoisotopic (exact) mass is 437 g/mol. The first-order valence-electron chi connectivity index (χ1n) is 8.57. The van der Waals surface area contributed by atoms with Crippen LogP contribution in [0.25, 0.3) is 0 Å². The van der Waals surface area contributed by atoms with Crippen LogP contribution < -0.4 is 14.3 Å². The highest BCUT2D eigenvalue weighted by Gasteiger charge is 2.41. The molecule has 0 aromatic heterocycles. The maximum absolute atomic E-state index is 12.6. The fraction of sp³-hybridized carbons (Fsp3) is 0.222. The lowest BCUT2D eigenvalue weighted by Crippen LogP contribution is -2.30. The van der Waals surface area contributed by atoms with Crippen LogP contribution >= 0.6 is 0 Å². The number of carbonyl (C=O) groups excluding carboxylic acids is 2. The zero-order chi connectivity index (χ0) is 21.4. The van der Waals surface area contributed by atoms with E-state index in [2.05, 4.69) is 10.0 Å². The van der Waals surface area contributed by atoms with Crippen LogP contribution in [0, 0.1) is 5.92 Å². The molecule has 0 radical (unpaired) electrons. The summed E-state index contributed by atoms with van der Waals surface area (Å²) in [5, 5.41) is 2.56. The number of carbonyl (C=O) groups is 2. The summed E-state index contributed by atoms with van der Waals surface area (Å²) in [6.45, 7) is 2.86. The Bertz CT molecular complexity index is 1170. The minimum Gasteiger partial charge on any atom is -0.326 e. The van der Waals surface area contributed by atoms with Crippen LogP contribution in [0.15, 0.2) is 53.4 Å². The van der Waals surface area contributed by atoms with Gasteiger partial charge in [0, 0.05) is 12.6 Å². The summed E-state index contributed by atoms with van der Waals surface area (Å²) < 4.78 is 52.6. The zero-order valence-electron chi connectivity index (χ0n) is 15.6. The first-order valence-corrected chi connectivity index (χ1v) is 11.7. The second-order valence-corrected chi connectivity index (χ2v) is 10.2. The summed E-state index contributed by atoms with van der Waals surface area (Å²) in [5.74, 6) is -1.77. The molecule has 2 N–H and O–H groups in total. The lowest BCUT2D eigenvalue weighted by molar-refractivity contribution is -0.119. The average Bonchev–Trinajstić information content (AvgIpc) is 2.81. The summed E-state index contributed by atoms with van der Waals surface area (Å²) in [6.07, 6.45) is 0. The summed E-state index contributed by atoms with van der Waals surface area (Å²) in [7, 11) is -7.73. The molecule has 1 saturated heterocycles. The molecule has 154 valence electrons. The molecule has 1 unspecified atom stereocenters. The van der Waals surface area contributed by atoms with Crippen molar-refractivity contribution in [2.45, 2.75) is 18.7 Å². The Hall–Kier alpha value is -2.92. The highest BCUT2D eigenvalue weighted by molar-refractivity contribution is 7.94. The Morgan fingerprint density at radius 2 is 1.72 bits per heavy atom. The van der Waals surface area contributed by atoms with Crippen LogP contribution in [-0.2, 0) is 29.6 Å².